The molecule has 2 aromatic rings. The summed E-state index contributed by atoms with van der Waals surface area (Å²) in [5, 5.41) is 2.97. The number of hydrogen-bond donors (Lipinski definition) is 2. The monoisotopic (exact) mass is 323 g/mol. The number of carbonyl (C=O) groups is 1. The Bertz CT molecular complexity index is 699. The quantitative estimate of drug-likeness (QED) is 0.907. The van der Waals surface area contributed by atoms with Crippen LogP contribution < -0.4 is 11.1 Å². The number of nitrogens with two attached hydrogens (primary N) is 1. The summed E-state index contributed by atoms with van der Waals surface area (Å²) >= 11 is 0. The molecule has 0 saturated heterocycles. The van der Waals surface area contributed by atoms with Crippen molar-refractivity contribution in [1.82, 2.24) is 4.90 Å². The predicted molar refractivity (Wildman–Crippen MR) is 98.1 cm³/mol. The average molecular weight is 323 g/mol. The highest BCUT2D eigenvalue weighted by atomic mass is 16.2. The second-order valence-electron chi connectivity index (χ2n) is 6.57. The van der Waals surface area contributed by atoms with E-state index in [4.69, 9.17) is 5.73 Å². The van der Waals surface area contributed by atoms with E-state index < -0.39 is 6.04 Å². The van der Waals surface area contributed by atoms with Gasteiger partial charge in [-0.1, -0.05) is 36.4 Å². The molecule has 3 N–H and O–H groups in total. The molecule has 1 aliphatic heterocycles. The van der Waals surface area contributed by atoms with Gasteiger partial charge in [-0.25, -0.2) is 0 Å². The molecule has 0 radical (unpaired) electrons. The van der Waals surface area contributed by atoms with Crippen LogP contribution in [0.25, 0.3) is 0 Å². The van der Waals surface area contributed by atoms with Gasteiger partial charge in [0, 0.05) is 18.8 Å². The zero-order valence-electron chi connectivity index (χ0n) is 14.2. The Morgan fingerprint density at radius 2 is 1.83 bits per heavy atom. The number of likely N-dealkylation sites (N-methyl/N-ethyl adjacent to an activating group) is 1. The van der Waals surface area contributed by atoms with E-state index in [1.165, 1.54) is 11.1 Å². The van der Waals surface area contributed by atoms with Gasteiger partial charge in [-0.05, 0) is 55.1 Å². The molecule has 0 fully saturated rings. The number of amides is 1. The summed E-state index contributed by atoms with van der Waals surface area (Å²) in [6.07, 6.45) is 2.63. The molecule has 2 aromatic carbocycles. The molecule has 0 saturated carbocycles. The minimum absolute atomic E-state index is 0.135. The maximum absolute atomic E-state index is 12.4. The largest absolute Gasteiger partial charge is 0.325 e. The van der Waals surface area contributed by atoms with E-state index >= 15 is 0 Å². The smallest absolute Gasteiger partial charge is 0.241 e. The second-order valence-corrected chi connectivity index (χ2v) is 6.57. The van der Waals surface area contributed by atoms with Crippen LogP contribution in [-0.2, 0) is 24.1 Å². The number of carbonyl (C=O) groups excluding carboxylic acids is 1. The normalized spacial score (nSPS) is 16.1. The van der Waals surface area contributed by atoms with Crippen molar-refractivity contribution in [1.29, 1.82) is 0 Å². The number of hydrogen-bond acceptors (Lipinski definition) is 3. The van der Waals surface area contributed by atoms with Gasteiger partial charge in [0.05, 0.1) is 6.04 Å². The van der Waals surface area contributed by atoms with Gasteiger partial charge in [-0.2, -0.15) is 0 Å². The Balaban J connectivity index is 1.64. The van der Waals surface area contributed by atoms with Crippen molar-refractivity contribution in [2.24, 2.45) is 5.73 Å². The van der Waals surface area contributed by atoms with Crippen LogP contribution in [0.5, 0.6) is 0 Å². The fourth-order valence-corrected chi connectivity index (χ4v) is 3.11. The molecule has 1 aliphatic rings. The fraction of sp³-hybridized carbons (Fsp3) is 0.350. The van der Waals surface area contributed by atoms with Crippen molar-refractivity contribution in [3.05, 3.63) is 65.2 Å². The Hall–Kier alpha value is -2.17. The molecule has 1 atom stereocenters. The number of rotatable bonds is 4. The molecule has 126 valence electrons. The molecule has 0 bridgehead atoms. The van der Waals surface area contributed by atoms with Crippen molar-refractivity contribution in [3.63, 3.8) is 0 Å². The molecule has 0 spiro atoms. The molecule has 1 heterocycles. The van der Waals surface area contributed by atoms with Crippen LogP contribution in [0.1, 0.15) is 16.7 Å². The van der Waals surface area contributed by atoms with E-state index in [1.54, 1.807) is 0 Å². The molecular weight excluding hydrogens is 298 g/mol. The molecule has 0 unspecified atom stereocenters. The summed E-state index contributed by atoms with van der Waals surface area (Å²) < 4.78 is 0. The molecule has 4 nitrogen and oxygen atoms in total. The molecular formula is C20H25N3O. The minimum atomic E-state index is -0.544. The van der Waals surface area contributed by atoms with Crippen LogP contribution in [0.3, 0.4) is 0 Å². The molecule has 3 rings (SSSR count). The summed E-state index contributed by atoms with van der Waals surface area (Å²) in [5.41, 5.74) is 10.7. The Morgan fingerprint density at radius 3 is 2.58 bits per heavy atom. The number of nitrogens with one attached hydrogen (secondary N) is 1. The zero-order valence-corrected chi connectivity index (χ0v) is 14.2. The topological polar surface area (TPSA) is 58.4 Å². The van der Waals surface area contributed by atoms with Crippen molar-refractivity contribution in [3.8, 4) is 0 Å². The summed E-state index contributed by atoms with van der Waals surface area (Å²) in [6, 6.07) is 15.5. The fourth-order valence-electron chi connectivity index (χ4n) is 3.11. The summed E-state index contributed by atoms with van der Waals surface area (Å²) in [4.78, 5) is 14.7. The Kier molecular flexibility index (Phi) is 5.28. The van der Waals surface area contributed by atoms with Gasteiger partial charge in [0.15, 0.2) is 0 Å². The van der Waals surface area contributed by atoms with Gasteiger partial charge in [0.25, 0.3) is 0 Å². The van der Waals surface area contributed by atoms with Crippen molar-refractivity contribution in [2.45, 2.75) is 25.3 Å². The van der Waals surface area contributed by atoms with Gasteiger partial charge in [-0.3, -0.25) is 4.79 Å². The van der Waals surface area contributed by atoms with Gasteiger partial charge >= 0.3 is 0 Å². The number of nitrogens with zero attached hydrogens (tertiary/aromatic N) is 1. The number of benzene rings is 2. The minimum Gasteiger partial charge on any atom is -0.325 e. The van der Waals surface area contributed by atoms with Gasteiger partial charge < -0.3 is 16.0 Å². The Labute approximate surface area is 143 Å². The molecule has 4 heteroatoms. The first kappa shape index (κ1) is 16.7. The van der Waals surface area contributed by atoms with Crippen LogP contribution in [0.15, 0.2) is 48.5 Å². The first-order valence-electron chi connectivity index (χ1n) is 8.52. The lowest BCUT2D eigenvalue weighted by Gasteiger charge is -2.14. The summed E-state index contributed by atoms with van der Waals surface area (Å²) in [6.45, 7) is 2.14. The highest BCUT2D eigenvalue weighted by molar-refractivity contribution is 5.95. The molecule has 0 aromatic heterocycles. The standard InChI is InChI=1S/C20H25N3O/c1-23-11-9-16-7-8-18(14-17(16)10-12-23)22-20(24)19(21)13-15-5-3-2-4-6-15/h2-8,14,19H,9-13,21H2,1H3,(H,22,24)/t19-/m1/s1. The third-order valence-electron chi connectivity index (χ3n) is 4.63. The van der Waals surface area contributed by atoms with E-state index in [1.807, 2.05) is 36.4 Å². The lowest BCUT2D eigenvalue weighted by Crippen LogP contribution is -2.37. The van der Waals surface area contributed by atoms with E-state index in [-0.39, 0.29) is 5.91 Å². The van der Waals surface area contributed by atoms with Crippen molar-refractivity contribution >= 4 is 11.6 Å². The van der Waals surface area contributed by atoms with E-state index in [0.717, 1.165) is 37.2 Å². The van der Waals surface area contributed by atoms with Gasteiger partial charge in [0.2, 0.25) is 5.91 Å². The van der Waals surface area contributed by atoms with E-state index in [2.05, 4.69) is 29.4 Å². The second kappa shape index (κ2) is 7.60. The van der Waals surface area contributed by atoms with Crippen LogP contribution in [0.4, 0.5) is 5.69 Å². The third-order valence-corrected chi connectivity index (χ3v) is 4.63. The van der Waals surface area contributed by atoms with Crippen LogP contribution in [-0.4, -0.2) is 37.0 Å². The maximum atomic E-state index is 12.4. The van der Waals surface area contributed by atoms with Crippen molar-refractivity contribution in [2.75, 3.05) is 25.5 Å². The van der Waals surface area contributed by atoms with E-state index in [0.29, 0.717) is 6.42 Å². The Morgan fingerprint density at radius 1 is 1.12 bits per heavy atom. The lowest BCUT2D eigenvalue weighted by atomic mass is 10.0. The van der Waals surface area contributed by atoms with Crippen LogP contribution >= 0.6 is 0 Å². The van der Waals surface area contributed by atoms with Crippen molar-refractivity contribution < 1.29 is 4.79 Å². The molecule has 0 aliphatic carbocycles. The predicted octanol–water partition coefficient (Wildman–Crippen LogP) is 2.23. The third kappa shape index (κ3) is 4.22. The van der Waals surface area contributed by atoms with Gasteiger partial charge in [0.1, 0.15) is 0 Å². The first-order chi connectivity index (χ1) is 11.6. The highest BCUT2D eigenvalue weighted by Crippen LogP contribution is 2.20. The maximum Gasteiger partial charge on any atom is 0.241 e. The zero-order chi connectivity index (χ0) is 16.9. The first-order valence-corrected chi connectivity index (χ1v) is 8.52. The van der Waals surface area contributed by atoms with Crippen LogP contribution in [0.2, 0.25) is 0 Å². The molecule has 24 heavy (non-hydrogen) atoms. The summed E-state index contributed by atoms with van der Waals surface area (Å²) in [7, 11) is 2.15. The highest BCUT2D eigenvalue weighted by Gasteiger charge is 2.16. The van der Waals surface area contributed by atoms with Crippen LogP contribution in [0, 0.1) is 0 Å². The number of fused-ring (bicyclic) bond motifs is 1. The number of anilines is 1. The SMILES string of the molecule is CN1CCc2ccc(NC(=O)[C@H](N)Cc3ccccc3)cc2CC1. The lowest BCUT2D eigenvalue weighted by molar-refractivity contribution is -0.117. The summed E-state index contributed by atoms with van der Waals surface area (Å²) in [5.74, 6) is -0.135. The molecule has 1 amide bonds. The average Bonchev–Trinajstić information content (AvgIpc) is 2.77. The van der Waals surface area contributed by atoms with Gasteiger partial charge in [-0.15, -0.1) is 0 Å². The van der Waals surface area contributed by atoms with E-state index in [9.17, 15) is 4.79 Å².